The highest BCUT2D eigenvalue weighted by molar-refractivity contribution is 5.79. The zero-order chi connectivity index (χ0) is 22.1. The van der Waals surface area contributed by atoms with Gasteiger partial charge in [-0.1, -0.05) is 60.7 Å². The maximum Gasteiger partial charge on any atom is 0.409 e. The summed E-state index contributed by atoms with van der Waals surface area (Å²) >= 11 is 0. The second kappa shape index (κ2) is 8.40. The predicted octanol–water partition coefficient (Wildman–Crippen LogP) is 5.00. The first-order valence-corrected chi connectivity index (χ1v) is 11.0. The lowest BCUT2D eigenvalue weighted by molar-refractivity contribution is 0.0925. The molecule has 1 N–H and O–H groups in total. The van der Waals surface area contributed by atoms with Crippen molar-refractivity contribution in [2.24, 2.45) is 5.41 Å². The lowest BCUT2D eigenvalue weighted by Gasteiger charge is -2.27. The van der Waals surface area contributed by atoms with E-state index in [1.807, 2.05) is 24.3 Å². The van der Waals surface area contributed by atoms with Crippen molar-refractivity contribution >= 4 is 6.09 Å². The summed E-state index contributed by atoms with van der Waals surface area (Å²) in [6, 6.07) is 22.9. The molecule has 1 amide bonds. The van der Waals surface area contributed by atoms with Crippen LogP contribution < -0.4 is 0 Å². The van der Waals surface area contributed by atoms with E-state index in [0.717, 1.165) is 5.56 Å². The molecule has 5 rings (SSSR count). The zero-order valence-electron chi connectivity index (χ0n) is 17.8. The third kappa shape index (κ3) is 3.78. The van der Waals surface area contributed by atoms with Gasteiger partial charge in [-0.3, -0.25) is 0 Å². The summed E-state index contributed by atoms with van der Waals surface area (Å²) in [6.45, 7) is 1.22. The lowest BCUT2D eigenvalue weighted by Crippen LogP contribution is -2.36. The molecule has 1 fully saturated rings. The van der Waals surface area contributed by atoms with Crippen LogP contribution in [0.25, 0.3) is 11.1 Å². The fourth-order valence-electron chi connectivity index (χ4n) is 5.14. The average Bonchev–Trinajstić information content (AvgIpc) is 3.39. The predicted molar refractivity (Wildman–Crippen MR) is 121 cm³/mol. The Bertz CT molecular complexity index is 1080. The van der Waals surface area contributed by atoms with Gasteiger partial charge in [-0.25, -0.2) is 9.18 Å². The summed E-state index contributed by atoms with van der Waals surface area (Å²) in [7, 11) is 0. The van der Waals surface area contributed by atoms with Gasteiger partial charge in [0.1, 0.15) is 12.4 Å². The number of rotatable bonds is 5. The monoisotopic (exact) mass is 431 g/mol. The van der Waals surface area contributed by atoms with Crippen molar-refractivity contribution in [1.29, 1.82) is 0 Å². The van der Waals surface area contributed by atoms with Gasteiger partial charge in [0.25, 0.3) is 0 Å². The molecule has 1 atom stereocenters. The molecular formula is C27H26FNO3. The van der Waals surface area contributed by atoms with Crippen LogP contribution in [0.4, 0.5) is 9.18 Å². The van der Waals surface area contributed by atoms with Crippen LogP contribution in [0.5, 0.6) is 0 Å². The van der Waals surface area contributed by atoms with Gasteiger partial charge in [-0.15, -0.1) is 0 Å². The van der Waals surface area contributed by atoms with E-state index >= 15 is 0 Å². The second-order valence-electron chi connectivity index (χ2n) is 8.94. The molecule has 3 aromatic rings. The molecule has 1 unspecified atom stereocenters. The molecule has 4 nitrogen and oxygen atoms in total. The van der Waals surface area contributed by atoms with Crippen LogP contribution in [0.2, 0.25) is 0 Å². The van der Waals surface area contributed by atoms with E-state index in [0.29, 0.717) is 25.9 Å². The van der Waals surface area contributed by atoms with Crippen molar-refractivity contribution in [1.82, 2.24) is 4.90 Å². The Morgan fingerprint density at radius 2 is 1.62 bits per heavy atom. The SMILES string of the molecule is O=C(OCC1c2ccccc2-c2ccccc21)N1CCC(CO)(Cc2ccc(F)cc2)C1. The topological polar surface area (TPSA) is 49.8 Å². The van der Waals surface area contributed by atoms with Crippen LogP contribution in [0.15, 0.2) is 72.8 Å². The first-order chi connectivity index (χ1) is 15.6. The van der Waals surface area contributed by atoms with E-state index in [4.69, 9.17) is 4.74 Å². The first kappa shape index (κ1) is 20.7. The normalized spacial score (nSPS) is 19.6. The fourth-order valence-corrected chi connectivity index (χ4v) is 5.14. The molecule has 0 aromatic heterocycles. The molecule has 3 aromatic carbocycles. The quantitative estimate of drug-likeness (QED) is 0.618. The number of carbonyl (C=O) groups is 1. The summed E-state index contributed by atoms with van der Waals surface area (Å²) in [5.74, 6) is -0.255. The number of halogens is 1. The highest BCUT2D eigenvalue weighted by Gasteiger charge is 2.40. The summed E-state index contributed by atoms with van der Waals surface area (Å²) in [6.07, 6.45) is 0.934. The van der Waals surface area contributed by atoms with Crippen LogP contribution in [0, 0.1) is 11.2 Å². The van der Waals surface area contributed by atoms with Gasteiger partial charge in [0.15, 0.2) is 0 Å². The molecule has 0 radical (unpaired) electrons. The Balaban J connectivity index is 1.26. The number of nitrogens with zero attached hydrogens (tertiary/aromatic N) is 1. The molecule has 1 aliphatic carbocycles. The van der Waals surface area contributed by atoms with Crippen molar-refractivity contribution in [3.8, 4) is 11.1 Å². The van der Waals surface area contributed by atoms with E-state index in [9.17, 15) is 14.3 Å². The molecule has 0 bridgehead atoms. The second-order valence-corrected chi connectivity index (χ2v) is 8.94. The number of hydrogen-bond acceptors (Lipinski definition) is 3. The Labute approximate surface area is 187 Å². The molecule has 1 aliphatic heterocycles. The molecule has 5 heteroatoms. The average molecular weight is 432 g/mol. The maximum atomic E-state index is 13.2. The highest BCUT2D eigenvalue weighted by Crippen LogP contribution is 2.44. The molecule has 1 heterocycles. The summed E-state index contributed by atoms with van der Waals surface area (Å²) in [5, 5.41) is 10.1. The van der Waals surface area contributed by atoms with E-state index < -0.39 is 5.41 Å². The Hall–Kier alpha value is -3.18. The van der Waals surface area contributed by atoms with Gasteiger partial charge >= 0.3 is 6.09 Å². The van der Waals surface area contributed by atoms with Gasteiger partial charge in [0, 0.05) is 24.4 Å². The van der Waals surface area contributed by atoms with E-state index in [1.165, 1.54) is 34.4 Å². The standard InChI is InChI=1S/C27H26FNO3/c28-20-11-9-19(10-12-20)15-27(18-30)13-14-29(17-27)26(31)32-16-25-23-7-3-1-5-21(23)22-6-2-4-8-24(22)25/h1-12,25,30H,13-18H2. The lowest BCUT2D eigenvalue weighted by atomic mass is 9.81. The number of ether oxygens (including phenoxy) is 1. The minimum absolute atomic E-state index is 0.0239. The minimum Gasteiger partial charge on any atom is -0.448 e. The number of fused-ring (bicyclic) bond motifs is 3. The van der Waals surface area contributed by atoms with Crippen molar-refractivity contribution in [3.05, 3.63) is 95.3 Å². The smallest absolute Gasteiger partial charge is 0.409 e. The Morgan fingerprint density at radius 3 is 2.25 bits per heavy atom. The molecule has 0 spiro atoms. The van der Waals surface area contributed by atoms with Crippen molar-refractivity contribution < 1.29 is 19.0 Å². The summed E-state index contributed by atoms with van der Waals surface area (Å²) in [5.41, 5.74) is 5.29. The number of aliphatic hydroxyl groups excluding tert-OH is 1. The number of aliphatic hydroxyl groups is 1. The zero-order valence-corrected chi connectivity index (χ0v) is 17.8. The fraction of sp³-hybridized carbons (Fsp3) is 0.296. The maximum absolute atomic E-state index is 13.2. The number of benzene rings is 3. The first-order valence-electron chi connectivity index (χ1n) is 11.0. The largest absolute Gasteiger partial charge is 0.448 e. The van der Waals surface area contributed by atoms with Crippen molar-refractivity contribution in [2.75, 3.05) is 26.3 Å². The van der Waals surface area contributed by atoms with Crippen LogP contribution >= 0.6 is 0 Å². The van der Waals surface area contributed by atoms with Gasteiger partial charge in [-0.05, 0) is 52.8 Å². The molecule has 0 saturated carbocycles. The number of hydrogen-bond donors (Lipinski definition) is 1. The van der Waals surface area contributed by atoms with Gasteiger partial charge in [0.2, 0.25) is 0 Å². The van der Waals surface area contributed by atoms with E-state index in [-0.39, 0.29) is 31.0 Å². The Kier molecular flexibility index (Phi) is 5.43. The molecule has 1 saturated heterocycles. The molecule has 2 aliphatic rings. The van der Waals surface area contributed by atoms with Crippen LogP contribution in [-0.4, -0.2) is 42.4 Å². The van der Waals surface area contributed by atoms with Gasteiger partial charge in [-0.2, -0.15) is 0 Å². The third-order valence-corrected chi connectivity index (χ3v) is 6.86. The summed E-state index contributed by atoms with van der Waals surface area (Å²) < 4.78 is 19.0. The molecular weight excluding hydrogens is 405 g/mol. The number of carbonyl (C=O) groups excluding carboxylic acids is 1. The van der Waals surface area contributed by atoms with E-state index in [1.54, 1.807) is 17.0 Å². The number of likely N-dealkylation sites (tertiary alicyclic amines) is 1. The Morgan fingerprint density at radius 1 is 1.00 bits per heavy atom. The van der Waals surface area contributed by atoms with Gasteiger partial charge in [0.05, 0.1) is 6.61 Å². The minimum atomic E-state index is -0.427. The molecule has 164 valence electrons. The third-order valence-electron chi connectivity index (χ3n) is 6.86. The highest BCUT2D eigenvalue weighted by atomic mass is 19.1. The van der Waals surface area contributed by atoms with Crippen LogP contribution in [0.3, 0.4) is 0 Å². The molecule has 32 heavy (non-hydrogen) atoms. The van der Waals surface area contributed by atoms with Crippen LogP contribution in [-0.2, 0) is 11.2 Å². The van der Waals surface area contributed by atoms with Crippen LogP contribution in [0.1, 0.15) is 29.0 Å². The van der Waals surface area contributed by atoms with Gasteiger partial charge < -0.3 is 14.7 Å². The van der Waals surface area contributed by atoms with Crippen molar-refractivity contribution in [2.45, 2.75) is 18.8 Å². The summed E-state index contributed by atoms with van der Waals surface area (Å²) in [4.78, 5) is 14.6. The number of amides is 1. The van der Waals surface area contributed by atoms with E-state index in [2.05, 4.69) is 24.3 Å². The van der Waals surface area contributed by atoms with Crippen molar-refractivity contribution in [3.63, 3.8) is 0 Å².